The number of benzene rings is 1. The summed E-state index contributed by atoms with van der Waals surface area (Å²) in [4.78, 5) is 26.8. The average molecular weight is 348 g/mol. The van der Waals surface area contributed by atoms with Crippen LogP contribution in [0.15, 0.2) is 30.6 Å². The monoisotopic (exact) mass is 347 g/mol. The molecule has 0 aliphatic carbocycles. The summed E-state index contributed by atoms with van der Waals surface area (Å²) in [5.41, 5.74) is 0.975. The third kappa shape index (κ3) is 3.28. The molecule has 0 radical (unpaired) electrons. The van der Waals surface area contributed by atoms with Gasteiger partial charge in [0.1, 0.15) is 5.75 Å². The number of aromatic nitrogens is 2. The number of carbonyl (C=O) groups excluding carboxylic acids is 2. The van der Waals surface area contributed by atoms with Gasteiger partial charge >= 0.3 is 0 Å². The van der Waals surface area contributed by atoms with Crippen LogP contribution in [0.3, 0.4) is 0 Å². The maximum absolute atomic E-state index is 12.7. The third-order valence-corrected chi connectivity index (χ3v) is 4.58. The first-order valence-electron chi connectivity index (χ1n) is 7.77. The van der Waals surface area contributed by atoms with E-state index in [0.717, 1.165) is 12.8 Å². The Morgan fingerprint density at radius 1 is 1.38 bits per heavy atom. The number of aryl methyl sites for hydroxylation is 1. The van der Waals surface area contributed by atoms with E-state index in [2.05, 4.69) is 5.10 Å². The summed E-state index contributed by atoms with van der Waals surface area (Å²) in [6, 6.07) is 4.28. The van der Waals surface area contributed by atoms with Gasteiger partial charge in [0.15, 0.2) is 5.78 Å². The zero-order valence-electron chi connectivity index (χ0n) is 13.3. The van der Waals surface area contributed by atoms with Crippen molar-refractivity contribution in [3.63, 3.8) is 0 Å². The molecule has 1 atom stereocenters. The van der Waals surface area contributed by atoms with E-state index < -0.39 is 0 Å². The number of Topliss-reactive ketones (excluding diaryl/α,β-unsaturated/α-hetero) is 1. The molecule has 1 fully saturated rings. The second-order valence-corrected chi connectivity index (χ2v) is 6.40. The van der Waals surface area contributed by atoms with E-state index in [1.54, 1.807) is 35.1 Å². The molecule has 0 unspecified atom stereocenters. The number of hydrogen-bond acceptors (Lipinski definition) is 4. The number of halogens is 1. The second kappa shape index (κ2) is 6.65. The van der Waals surface area contributed by atoms with Crippen LogP contribution in [0, 0.1) is 0 Å². The van der Waals surface area contributed by atoms with Gasteiger partial charge in [0.05, 0.1) is 16.8 Å². The summed E-state index contributed by atoms with van der Waals surface area (Å²) < 4.78 is 1.59. The summed E-state index contributed by atoms with van der Waals surface area (Å²) in [7, 11) is 1.76. The van der Waals surface area contributed by atoms with Gasteiger partial charge in [-0.05, 0) is 31.0 Å². The van der Waals surface area contributed by atoms with Gasteiger partial charge in [0, 0.05) is 37.8 Å². The molecule has 1 aliphatic rings. The van der Waals surface area contributed by atoms with E-state index >= 15 is 0 Å². The lowest BCUT2D eigenvalue weighted by Gasteiger charge is -2.24. The fourth-order valence-corrected chi connectivity index (χ4v) is 3.20. The first-order chi connectivity index (χ1) is 11.5. The zero-order chi connectivity index (χ0) is 17.3. The molecule has 0 spiro atoms. The Kier molecular flexibility index (Phi) is 4.57. The van der Waals surface area contributed by atoms with Crippen molar-refractivity contribution < 1.29 is 14.7 Å². The molecular weight excluding hydrogens is 330 g/mol. The van der Waals surface area contributed by atoms with Crippen molar-refractivity contribution in [2.75, 3.05) is 6.54 Å². The fraction of sp³-hybridized carbons (Fsp3) is 0.353. The van der Waals surface area contributed by atoms with Gasteiger partial charge in [-0.2, -0.15) is 5.10 Å². The molecule has 0 saturated carbocycles. The van der Waals surface area contributed by atoms with Gasteiger partial charge in [-0.1, -0.05) is 11.6 Å². The van der Waals surface area contributed by atoms with Gasteiger partial charge in [-0.3, -0.25) is 14.3 Å². The third-order valence-electron chi connectivity index (χ3n) is 4.28. The lowest BCUT2D eigenvalue weighted by Crippen LogP contribution is -2.36. The molecule has 2 heterocycles. The highest BCUT2D eigenvalue weighted by molar-refractivity contribution is 6.32. The minimum Gasteiger partial charge on any atom is -0.506 e. The smallest absolute Gasteiger partial charge is 0.254 e. The fourth-order valence-electron chi connectivity index (χ4n) is 3.02. The molecule has 1 aliphatic heterocycles. The van der Waals surface area contributed by atoms with Crippen molar-refractivity contribution in [3.8, 4) is 5.75 Å². The minimum atomic E-state index is -0.168. The van der Waals surface area contributed by atoms with Gasteiger partial charge in [0.25, 0.3) is 5.91 Å². The first-order valence-corrected chi connectivity index (χ1v) is 8.15. The normalized spacial score (nSPS) is 17.2. The van der Waals surface area contributed by atoms with Gasteiger partial charge < -0.3 is 10.0 Å². The Balaban J connectivity index is 1.73. The highest BCUT2D eigenvalue weighted by Gasteiger charge is 2.31. The van der Waals surface area contributed by atoms with E-state index in [9.17, 15) is 14.7 Å². The Labute approximate surface area is 144 Å². The Hall–Kier alpha value is -2.34. The molecule has 6 nitrogen and oxygen atoms in total. The van der Waals surface area contributed by atoms with E-state index in [1.807, 2.05) is 0 Å². The van der Waals surface area contributed by atoms with Crippen molar-refractivity contribution in [2.24, 2.45) is 7.05 Å². The van der Waals surface area contributed by atoms with Crippen molar-refractivity contribution in [1.29, 1.82) is 0 Å². The summed E-state index contributed by atoms with van der Waals surface area (Å²) >= 11 is 5.88. The molecule has 1 aromatic carbocycles. The lowest BCUT2D eigenvalue weighted by atomic mass is 10.0. The number of hydrogen-bond donors (Lipinski definition) is 1. The van der Waals surface area contributed by atoms with Gasteiger partial charge in [-0.15, -0.1) is 0 Å². The number of nitrogens with zero attached hydrogens (tertiary/aromatic N) is 3. The summed E-state index contributed by atoms with van der Waals surface area (Å²) in [6.45, 7) is 0.613. The first kappa shape index (κ1) is 16.5. The van der Waals surface area contributed by atoms with Crippen LogP contribution in [0.5, 0.6) is 5.75 Å². The van der Waals surface area contributed by atoms with Crippen LogP contribution < -0.4 is 0 Å². The molecule has 1 saturated heterocycles. The zero-order valence-corrected chi connectivity index (χ0v) is 14.0. The number of phenolic OH excluding ortho intramolecular Hbond substituents is 1. The molecule has 0 bridgehead atoms. The van der Waals surface area contributed by atoms with Crippen LogP contribution in [0.4, 0.5) is 0 Å². The SMILES string of the molecule is Cn1cc(C(=O)C[C@@H]2CCCN2C(=O)c2ccc(O)c(Cl)c2)cn1. The van der Waals surface area contributed by atoms with Crippen molar-refractivity contribution >= 4 is 23.3 Å². The van der Waals surface area contributed by atoms with Crippen LogP contribution in [0.2, 0.25) is 5.02 Å². The Morgan fingerprint density at radius 2 is 2.17 bits per heavy atom. The van der Waals surface area contributed by atoms with E-state index in [0.29, 0.717) is 17.7 Å². The number of aromatic hydroxyl groups is 1. The van der Waals surface area contributed by atoms with Crippen LogP contribution >= 0.6 is 11.6 Å². The molecular formula is C17H18ClN3O3. The van der Waals surface area contributed by atoms with E-state index in [1.165, 1.54) is 12.1 Å². The Bertz CT molecular complexity index is 787. The van der Waals surface area contributed by atoms with E-state index in [4.69, 9.17) is 11.6 Å². The molecule has 1 N–H and O–H groups in total. The van der Waals surface area contributed by atoms with Crippen LogP contribution in [-0.2, 0) is 7.05 Å². The molecule has 126 valence electrons. The molecule has 2 aromatic rings. The van der Waals surface area contributed by atoms with Crippen molar-refractivity contribution in [1.82, 2.24) is 14.7 Å². The lowest BCUT2D eigenvalue weighted by molar-refractivity contribution is 0.0717. The predicted molar refractivity (Wildman–Crippen MR) is 89.3 cm³/mol. The number of ketones is 1. The second-order valence-electron chi connectivity index (χ2n) is 5.99. The summed E-state index contributed by atoms with van der Waals surface area (Å²) in [5.74, 6) is -0.243. The summed E-state index contributed by atoms with van der Waals surface area (Å²) in [5, 5.41) is 13.6. The van der Waals surface area contributed by atoms with Crippen LogP contribution in [0.1, 0.15) is 40.0 Å². The molecule has 7 heteroatoms. The van der Waals surface area contributed by atoms with Crippen LogP contribution in [-0.4, -0.2) is 44.1 Å². The Morgan fingerprint density at radius 3 is 2.83 bits per heavy atom. The standard InChI is InChI=1S/C17H18ClN3O3/c1-20-10-12(9-19-20)16(23)8-13-3-2-6-21(13)17(24)11-4-5-15(22)14(18)7-11/h4-5,7,9-10,13,22H,2-3,6,8H2,1H3/t13-/m0/s1. The predicted octanol–water partition coefficient (Wildman–Crippen LogP) is 2.66. The minimum absolute atomic E-state index is 0.0171. The van der Waals surface area contributed by atoms with Crippen molar-refractivity contribution in [2.45, 2.75) is 25.3 Å². The van der Waals surface area contributed by atoms with Crippen molar-refractivity contribution in [3.05, 3.63) is 46.7 Å². The topological polar surface area (TPSA) is 75.4 Å². The largest absolute Gasteiger partial charge is 0.506 e. The number of rotatable bonds is 4. The number of amides is 1. The molecule has 1 amide bonds. The molecule has 24 heavy (non-hydrogen) atoms. The van der Waals surface area contributed by atoms with Gasteiger partial charge in [-0.25, -0.2) is 0 Å². The maximum atomic E-state index is 12.7. The highest BCUT2D eigenvalue weighted by atomic mass is 35.5. The van der Waals surface area contributed by atoms with E-state index in [-0.39, 0.29) is 34.9 Å². The average Bonchev–Trinajstić information content (AvgIpc) is 3.18. The number of carbonyl (C=O) groups is 2. The molecule has 1 aromatic heterocycles. The molecule has 3 rings (SSSR count). The van der Waals surface area contributed by atoms with Gasteiger partial charge in [0.2, 0.25) is 0 Å². The quantitative estimate of drug-likeness (QED) is 0.863. The highest BCUT2D eigenvalue weighted by Crippen LogP contribution is 2.28. The summed E-state index contributed by atoms with van der Waals surface area (Å²) in [6.07, 6.45) is 5.17. The number of likely N-dealkylation sites (tertiary alicyclic amines) is 1. The maximum Gasteiger partial charge on any atom is 0.254 e. The number of phenols is 1. The van der Waals surface area contributed by atoms with Crippen LogP contribution in [0.25, 0.3) is 0 Å².